The highest BCUT2D eigenvalue weighted by Gasteiger charge is 2.55. The Balaban J connectivity index is 1.17. The fourth-order valence-corrected chi connectivity index (χ4v) is 16.3. The first-order valence-corrected chi connectivity index (χ1v) is 30.1. The van der Waals surface area contributed by atoms with E-state index >= 15 is 0 Å². The van der Waals surface area contributed by atoms with Gasteiger partial charge in [0.2, 0.25) is 0 Å². The first-order valence-electron chi connectivity index (χ1n) is 30.1. The summed E-state index contributed by atoms with van der Waals surface area (Å²) in [5, 5.41) is 1.23. The molecule has 2 unspecified atom stereocenters. The van der Waals surface area contributed by atoms with E-state index in [-0.39, 0.29) is 50.0 Å². The van der Waals surface area contributed by atoms with Gasteiger partial charge in [-0.25, -0.2) is 0 Å². The third kappa shape index (κ3) is 7.36. The fourth-order valence-electron chi connectivity index (χ4n) is 16.3. The average molecular weight is 1040 g/mol. The van der Waals surface area contributed by atoms with Crippen LogP contribution in [0, 0.1) is 0 Å². The van der Waals surface area contributed by atoms with Crippen molar-refractivity contribution in [3.63, 3.8) is 0 Å². The second kappa shape index (κ2) is 16.2. The van der Waals surface area contributed by atoms with Crippen LogP contribution in [-0.4, -0.2) is 6.71 Å². The Morgan fingerprint density at radius 1 is 0.418 bits per heavy atom. The minimum Gasteiger partial charge on any atom is -0.468 e. The SMILES string of the molecule is CC(C)(C)c1ccc2c(c1)N(c1cc3c(cc1-c1ccccc1)C(C)(C)CCC3(C)C)c1cc(C(C)(C)C)cc3c1B2c1oc2cc4c(cc2c1N3c1cc2c(cc1-c1ccccc1)C(C)(C)CCC2(C)C)C1(C)CCC4(C)C1. The van der Waals surface area contributed by atoms with Crippen LogP contribution in [0.5, 0.6) is 0 Å². The number of benzene rings is 7. The number of hydrogen-bond donors (Lipinski definition) is 0. The molecule has 0 saturated heterocycles. The standard InChI is InChI=1S/C75H83BN2O/c1-68(2,3)47-27-28-58-61(35-47)77(59-41-54-52(70(7,8)29-31-72(54,11)12)38-49(59)45-23-19-17-20-24-45)62-36-48(69(4,5)6)37-63-65(62)76(58)67-66(51-40-56-57(43-64(51)79-67)75(16)34-33-74(56,15)44-75)78(63)60-42-55-53(71(9,10)30-32-73(55,13)14)39-50(60)46-25-21-18-22-26-46/h17-28,35-43H,29-34,44H2,1-16H3. The summed E-state index contributed by atoms with van der Waals surface area (Å²) in [5.74, 6) is 0. The first-order chi connectivity index (χ1) is 37.1. The molecule has 0 N–H and O–H groups in total. The Kier molecular flexibility index (Phi) is 10.5. The maximum Gasteiger partial charge on any atom is 0.297 e. The zero-order valence-electron chi connectivity index (χ0n) is 50.5. The van der Waals surface area contributed by atoms with Gasteiger partial charge in [-0.05, 0) is 209 Å². The van der Waals surface area contributed by atoms with Crippen molar-refractivity contribution in [1.29, 1.82) is 0 Å². The molecule has 1 saturated carbocycles. The van der Waals surface area contributed by atoms with Crippen LogP contribution in [0.2, 0.25) is 0 Å². The van der Waals surface area contributed by atoms with E-state index in [2.05, 4.69) is 248 Å². The highest BCUT2D eigenvalue weighted by molar-refractivity contribution is 7.00. The first kappa shape index (κ1) is 50.9. The van der Waals surface area contributed by atoms with E-state index < -0.39 is 0 Å². The molecule has 14 rings (SSSR count). The Morgan fingerprint density at radius 2 is 0.861 bits per heavy atom. The highest BCUT2D eigenvalue weighted by Crippen LogP contribution is 2.63. The van der Waals surface area contributed by atoms with Crippen LogP contribution in [0.4, 0.5) is 34.1 Å². The average Bonchev–Trinajstić information content (AvgIpc) is 4.25. The minimum absolute atomic E-state index is 0.00752. The maximum absolute atomic E-state index is 7.88. The van der Waals surface area contributed by atoms with Crippen molar-refractivity contribution in [1.82, 2.24) is 0 Å². The van der Waals surface area contributed by atoms with Crippen molar-refractivity contribution in [2.75, 3.05) is 9.80 Å². The van der Waals surface area contributed by atoms with Gasteiger partial charge >= 0.3 is 0 Å². The van der Waals surface area contributed by atoms with Crippen LogP contribution in [0.25, 0.3) is 33.2 Å². The summed E-state index contributed by atoms with van der Waals surface area (Å²) in [4.78, 5) is 5.49. The van der Waals surface area contributed by atoms with Crippen LogP contribution in [-0.2, 0) is 43.3 Å². The number of nitrogens with zero attached hydrogens (tertiary/aromatic N) is 2. The summed E-state index contributed by atoms with van der Waals surface area (Å²) in [6.07, 6.45) is 8.25. The predicted octanol–water partition coefficient (Wildman–Crippen LogP) is 18.9. The van der Waals surface area contributed by atoms with Crippen molar-refractivity contribution in [3.8, 4) is 22.3 Å². The number of rotatable bonds is 4. The van der Waals surface area contributed by atoms with Crippen LogP contribution in [0.1, 0.15) is 200 Å². The van der Waals surface area contributed by atoms with E-state index in [1.165, 1.54) is 136 Å². The summed E-state index contributed by atoms with van der Waals surface area (Å²) >= 11 is 0. The summed E-state index contributed by atoms with van der Waals surface area (Å²) in [6.45, 7) is 39.1. The number of fused-ring (bicyclic) bond motifs is 13. The molecule has 4 aliphatic carbocycles. The quantitative estimate of drug-likeness (QED) is 0.164. The molecule has 79 heavy (non-hydrogen) atoms. The van der Waals surface area contributed by atoms with Crippen LogP contribution >= 0.6 is 0 Å². The molecule has 3 nitrogen and oxygen atoms in total. The number of furan rings is 1. The lowest BCUT2D eigenvalue weighted by Crippen LogP contribution is -2.61. The van der Waals surface area contributed by atoms with Crippen LogP contribution in [0.15, 0.2) is 132 Å². The van der Waals surface area contributed by atoms with E-state index in [1.807, 2.05) is 0 Å². The summed E-state index contributed by atoms with van der Waals surface area (Å²) < 4.78 is 7.88. The Bertz CT molecular complexity index is 3890. The van der Waals surface area contributed by atoms with Crippen LogP contribution < -0.4 is 26.4 Å². The minimum atomic E-state index is -0.191. The van der Waals surface area contributed by atoms with Gasteiger partial charge in [-0.15, -0.1) is 0 Å². The molecule has 0 amide bonds. The smallest absolute Gasteiger partial charge is 0.297 e. The topological polar surface area (TPSA) is 19.6 Å². The molecule has 0 spiro atoms. The monoisotopic (exact) mass is 1040 g/mol. The van der Waals surface area contributed by atoms with Crippen molar-refractivity contribution < 1.29 is 4.42 Å². The van der Waals surface area contributed by atoms with E-state index in [1.54, 1.807) is 0 Å². The van der Waals surface area contributed by atoms with E-state index in [4.69, 9.17) is 4.42 Å². The molecule has 402 valence electrons. The van der Waals surface area contributed by atoms with Gasteiger partial charge in [0.05, 0.1) is 22.7 Å². The van der Waals surface area contributed by atoms with Crippen molar-refractivity contribution in [2.24, 2.45) is 0 Å². The second-order valence-electron chi connectivity index (χ2n) is 30.9. The lowest BCUT2D eigenvalue weighted by atomic mass is 9.35. The molecular formula is C75H83BN2O. The molecule has 3 heterocycles. The van der Waals surface area contributed by atoms with Gasteiger partial charge in [-0.1, -0.05) is 184 Å². The molecule has 8 aromatic rings. The molecule has 0 radical (unpaired) electrons. The lowest BCUT2D eigenvalue weighted by molar-refractivity contribution is 0.332. The Morgan fingerprint density at radius 3 is 1.35 bits per heavy atom. The van der Waals surface area contributed by atoms with E-state index in [9.17, 15) is 0 Å². The number of anilines is 6. The molecule has 2 aliphatic heterocycles. The van der Waals surface area contributed by atoms with Crippen molar-refractivity contribution in [3.05, 3.63) is 172 Å². The zero-order chi connectivity index (χ0) is 55.5. The second-order valence-corrected chi connectivity index (χ2v) is 30.9. The fraction of sp³-hybridized carbons (Fsp3) is 0.413. The molecule has 1 fully saturated rings. The molecule has 4 heteroatoms. The van der Waals surface area contributed by atoms with Gasteiger partial charge in [-0.3, -0.25) is 0 Å². The van der Waals surface area contributed by atoms with Gasteiger partial charge in [-0.2, -0.15) is 0 Å². The van der Waals surface area contributed by atoms with Gasteiger partial charge in [0.25, 0.3) is 6.71 Å². The molecule has 2 atom stereocenters. The molecular weight excluding hydrogens is 956 g/mol. The largest absolute Gasteiger partial charge is 0.468 e. The van der Waals surface area contributed by atoms with Gasteiger partial charge in [0.1, 0.15) is 5.58 Å². The van der Waals surface area contributed by atoms with Crippen molar-refractivity contribution in [2.45, 2.75) is 199 Å². The van der Waals surface area contributed by atoms with E-state index in [0.29, 0.717) is 0 Å². The maximum atomic E-state index is 7.88. The normalized spacial score (nSPS) is 22.5. The van der Waals surface area contributed by atoms with Gasteiger partial charge in [0, 0.05) is 33.6 Å². The molecule has 7 aromatic carbocycles. The Labute approximate surface area is 473 Å². The highest BCUT2D eigenvalue weighted by atomic mass is 16.3. The molecule has 2 bridgehead atoms. The molecule has 6 aliphatic rings. The van der Waals surface area contributed by atoms with Crippen LogP contribution in [0.3, 0.4) is 0 Å². The van der Waals surface area contributed by atoms with Gasteiger partial charge in [0.15, 0.2) is 0 Å². The van der Waals surface area contributed by atoms with Crippen molar-refractivity contribution >= 4 is 68.4 Å². The lowest BCUT2D eigenvalue weighted by Gasteiger charge is -2.47. The number of hydrogen-bond acceptors (Lipinski definition) is 3. The molecule has 1 aromatic heterocycles. The summed E-state index contributed by atoms with van der Waals surface area (Å²) in [7, 11) is 0. The third-order valence-corrected chi connectivity index (χ3v) is 21.4. The Hall–Kier alpha value is -6.26. The predicted molar refractivity (Wildman–Crippen MR) is 338 cm³/mol. The van der Waals surface area contributed by atoms with E-state index in [0.717, 1.165) is 36.9 Å². The third-order valence-electron chi connectivity index (χ3n) is 21.4. The summed E-state index contributed by atoms with van der Waals surface area (Å²) in [5.41, 5.74) is 28.7. The zero-order valence-corrected chi connectivity index (χ0v) is 50.5. The van der Waals surface area contributed by atoms with Gasteiger partial charge < -0.3 is 14.2 Å². The summed E-state index contributed by atoms with van der Waals surface area (Å²) in [6, 6.07) is 51.0.